The summed E-state index contributed by atoms with van der Waals surface area (Å²) in [5.41, 5.74) is 3.08. The number of carbonyl (C=O) groups excluding carboxylic acids is 5. The van der Waals surface area contributed by atoms with Crippen LogP contribution in [0.3, 0.4) is 0 Å². The maximum atomic E-state index is 13.8. The van der Waals surface area contributed by atoms with Crippen LogP contribution in [0.1, 0.15) is 59.2 Å². The summed E-state index contributed by atoms with van der Waals surface area (Å²) in [5, 5.41) is 9.03. The van der Waals surface area contributed by atoms with Gasteiger partial charge < -0.3 is 25.0 Å². The SMILES string of the molecule is O=C(/C=C/CN1CCC(CN2C3CC2CN(c2ccc4c(c2)C(=O)N(C2CCC(=O)NC2=O)C4=O)C3)CC1)Nc1cc2c(Nc3ccc(F)c(Cl)c3)ncnc2cc1O[C@H]1CCOC1. The van der Waals surface area contributed by atoms with Gasteiger partial charge in [-0.15, -0.1) is 0 Å². The van der Waals surface area contributed by atoms with E-state index in [1.165, 1.54) is 18.5 Å². The van der Waals surface area contributed by atoms with Crippen molar-refractivity contribution in [1.29, 1.82) is 0 Å². The van der Waals surface area contributed by atoms with E-state index in [-0.39, 0.29) is 29.9 Å². The number of hydrogen-bond acceptors (Lipinski definition) is 13. The lowest BCUT2D eigenvalue weighted by atomic mass is 9.84. The highest BCUT2D eigenvalue weighted by Crippen LogP contribution is 2.39. The maximum Gasteiger partial charge on any atom is 0.262 e. The zero-order valence-electron chi connectivity index (χ0n) is 34.9. The predicted octanol–water partition coefficient (Wildman–Crippen LogP) is 4.90. The summed E-state index contributed by atoms with van der Waals surface area (Å²) in [6, 6.07) is 13.0. The third-order valence-corrected chi connectivity index (χ3v) is 13.6. The lowest BCUT2D eigenvalue weighted by molar-refractivity contribution is -0.136. The molecule has 16 nitrogen and oxygen atoms in total. The molecule has 64 heavy (non-hydrogen) atoms. The van der Waals surface area contributed by atoms with Crippen LogP contribution in [0.25, 0.3) is 10.9 Å². The van der Waals surface area contributed by atoms with Crippen molar-refractivity contribution < 1.29 is 37.8 Å². The van der Waals surface area contributed by atoms with Gasteiger partial charge in [0.2, 0.25) is 17.7 Å². The van der Waals surface area contributed by atoms with Crippen molar-refractivity contribution >= 4 is 74.9 Å². The van der Waals surface area contributed by atoms with Crippen LogP contribution in [0.15, 0.2) is 67.0 Å². The molecule has 0 aliphatic carbocycles. The Morgan fingerprint density at radius 2 is 1.78 bits per heavy atom. The summed E-state index contributed by atoms with van der Waals surface area (Å²) in [4.78, 5) is 81.3. The molecule has 4 aromatic rings. The molecule has 1 aromatic heterocycles. The number of rotatable bonds is 12. The Labute approximate surface area is 373 Å². The molecular formula is C46H47ClFN9O7. The van der Waals surface area contributed by atoms with E-state index in [0.29, 0.717) is 82.7 Å². The molecule has 332 valence electrons. The minimum Gasteiger partial charge on any atom is -0.486 e. The summed E-state index contributed by atoms with van der Waals surface area (Å²) in [6.07, 6.45) is 8.90. The second-order valence-electron chi connectivity index (χ2n) is 17.4. The van der Waals surface area contributed by atoms with E-state index in [2.05, 4.69) is 40.6 Å². The van der Waals surface area contributed by atoms with Gasteiger partial charge in [-0.2, -0.15) is 0 Å². The molecule has 6 fully saturated rings. The summed E-state index contributed by atoms with van der Waals surface area (Å²) in [7, 11) is 0. The number of anilines is 4. The fourth-order valence-electron chi connectivity index (χ4n) is 9.86. The van der Waals surface area contributed by atoms with Gasteiger partial charge >= 0.3 is 0 Å². The van der Waals surface area contributed by atoms with Crippen LogP contribution in [0.2, 0.25) is 5.02 Å². The van der Waals surface area contributed by atoms with E-state index in [1.54, 1.807) is 36.4 Å². The van der Waals surface area contributed by atoms with Crippen LogP contribution in [0, 0.1) is 11.7 Å². The Morgan fingerprint density at radius 1 is 0.969 bits per heavy atom. The first-order chi connectivity index (χ1) is 31.0. The highest BCUT2D eigenvalue weighted by atomic mass is 35.5. The number of ether oxygens (including phenoxy) is 2. The molecule has 18 heteroatoms. The monoisotopic (exact) mass is 891 g/mol. The van der Waals surface area contributed by atoms with E-state index < -0.39 is 35.5 Å². The quantitative estimate of drug-likeness (QED) is 0.129. The van der Waals surface area contributed by atoms with Crippen molar-refractivity contribution in [3.8, 4) is 5.75 Å². The van der Waals surface area contributed by atoms with E-state index in [1.807, 2.05) is 12.1 Å². The van der Waals surface area contributed by atoms with Gasteiger partial charge in [0.25, 0.3) is 11.8 Å². The van der Waals surface area contributed by atoms with Gasteiger partial charge in [0.1, 0.15) is 35.9 Å². The average Bonchev–Trinajstić information content (AvgIpc) is 3.89. The van der Waals surface area contributed by atoms with Crippen molar-refractivity contribution in [1.82, 2.24) is 30.0 Å². The van der Waals surface area contributed by atoms with Crippen LogP contribution in [0.5, 0.6) is 5.75 Å². The number of carbonyl (C=O) groups is 5. The highest BCUT2D eigenvalue weighted by molar-refractivity contribution is 6.31. The minimum absolute atomic E-state index is 0.0233. The molecule has 7 aliphatic rings. The van der Waals surface area contributed by atoms with Crippen LogP contribution in [-0.2, 0) is 19.1 Å². The molecule has 3 unspecified atom stereocenters. The third kappa shape index (κ3) is 8.40. The fourth-order valence-corrected chi connectivity index (χ4v) is 10.0. The summed E-state index contributed by atoms with van der Waals surface area (Å²) < 4.78 is 25.6. The Kier molecular flexibility index (Phi) is 11.5. The predicted molar refractivity (Wildman–Crippen MR) is 235 cm³/mol. The van der Waals surface area contributed by atoms with Gasteiger partial charge in [0.05, 0.1) is 40.6 Å². The number of piperidine rings is 3. The van der Waals surface area contributed by atoms with Crippen LogP contribution >= 0.6 is 11.6 Å². The number of imide groups is 2. The number of nitrogens with one attached hydrogen (secondary N) is 3. The van der Waals surface area contributed by atoms with E-state index in [9.17, 15) is 28.4 Å². The number of hydrogen-bond donors (Lipinski definition) is 3. The zero-order chi connectivity index (χ0) is 44.1. The van der Waals surface area contributed by atoms with Gasteiger partial charge in [-0.1, -0.05) is 17.7 Å². The topological polar surface area (TPSA) is 179 Å². The number of amides is 5. The molecule has 2 bridgehead atoms. The van der Waals surface area contributed by atoms with E-state index in [4.69, 9.17) is 21.1 Å². The highest BCUT2D eigenvalue weighted by Gasteiger charge is 2.47. The molecule has 0 saturated carbocycles. The van der Waals surface area contributed by atoms with E-state index >= 15 is 0 Å². The first-order valence-electron chi connectivity index (χ1n) is 21.9. The van der Waals surface area contributed by atoms with Gasteiger partial charge in [0, 0.05) is 80.0 Å². The molecule has 6 saturated heterocycles. The van der Waals surface area contributed by atoms with Crippen molar-refractivity contribution in [3.63, 3.8) is 0 Å². The number of aromatic nitrogens is 2. The lowest BCUT2D eigenvalue weighted by Crippen LogP contribution is -2.69. The molecule has 0 radical (unpaired) electrons. The molecule has 5 amide bonds. The lowest BCUT2D eigenvalue weighted by Gasteiger charge is -2.58. The maximum absolute atomic E-state index is 13.8. The first-order valence-corrected chi connectivity index (χ1v) is 22.2. The Balaban J connectivity index is 0.715. The first kappa shape index (κ1) is 42.0. The standard InChI is InChI=1S/C46H47ClFN9O7/c47-35-16-27(3-6-36(35)48)51-43-34-19-38(40(20-37(34)49-25-50-43)64-31-11-15-63-24-31)52-41(58)2-1-12-54-13-9-26(10-14-54)21-56-29-17-30(56)23-55(22-29)28-4-5-32-33(18-28)46(62)57(45(32)61)39-7-8-42(59)53-44(39)60/h1-6,16,18-20,25-26,29-31,39H,7-15,17,21-24H2,(H,52,58)(H,49,50,51)(H,53,59,60)/b2-1+/t29?,30?,31-,39?/m0/s1. The molecule has 4 atom stereocenters. The number of halogens is 2. The zero-order valence-corrected chi connectivity index (χ0v) is 35.7. The number of likely N-dealkylation sites (tertiary alicyclic amines) is 1. The number of piperazine rings is 1. The van der Waals surface area contributed by atoms with Crippen LogP contribution in [-0.4, -0.2) is 131 Å². The smallest absolute Gasteiger partial charge is 0.262 e. The Hall–Kier alpha value is -6.01. The molecule has 3 aromatic carbocycles. The molecular weight excluding hydrogens is 845 g/mol. The van der Waals surface area contributed by atoms with Crippen LogP contribution in [0.4, 0.5) is 27.3 Å². The van der Waals surface area contributed by atoms with Gasteiger partial charge in [0.15, 0.2) is 0 Å². The Bertz CT molecular complexity index is 2570. The normalized spacial score (nSPS) is 24.0. The molecule has 0 spiro atoms. The fraction of sp³-hybridized carbons (Fsp3) is 0.413. The van der Waals surface area contributed by atoms with Crippen molar-refractivity contribution in [2.24, 2.45) is 5.92 Å². The summed E-state index contributed by atoms with van der Waals surface area (Å²) in [5.74, 6) is -1.33. The second-order valence-corrected chi connectivity index (χ2v) is 17.8. The van der Waals surface area contributed by atoms with Gasteiger partial charge in [-0.05, 0) is 87.2 Å². The van der Waals surface area contributed by atoms with Crippen molar-refractivity contribution in [2.45, 2.75) is 62.8 Å². The summed E-state index contributed by atoms with van der Waals surface area (Å²) >= 11 is 6.02. The second kappa shape index (κ2) is 17.5. The Morgan fingerprint density at radius 3 is 2.55 bits per heavy atom. The number of nitrogens with zero attached hydrogens (tertiary/aromatic N) is 6. The summed E-state index contributed by atoms with van der Waals surface area (Å²) in [6.45, 7) is 6.26. The van der Waals surface area contributed by atoms with Gasteiger partial charge in [-0.3, -0.25) is 44.0 Å². The molecule has 11 rings (SSSR count). The van der Waals surface area contributed by atoms with Gasteiger partial charge in [-0.25, -0.2) is 14.4 Å². The average molecular weight is 892 g/mol. The number of benzene rings is 3. The van der Waals surface area contributed by atoms with Crippen molar-refractivity contribution in [3.05, 3.63) is 89.0 Å². The largest absolute Gasteiger partial charge is 0.486 e. The number of fused-ring (bicyclic) bond motifs is 4. The van der Waals surface area contributed by atoms with E-state index in [0.717, 1.165) is 69.0 Å². The molecule has 3 N–H and O–H groups in total. The van der Waals surface area contributed by atoms with Crippen LogP contribution < -0.4 is 25.6 Å². The minimum atomic E-state index is -0.984. The molecule has 8 heterocycles. The third-order valence-electron chi connectivity index (χ3n) is 13.3. The van der Waals surface area contributed by atoms with Crippen molar-refractivity contribution in [2.75, 3.05) is 68.0 Å². The molecule has 7 aliphatic heterocycles.